The number of benzene rings is 1. The van der Waals surface area contributed by atoms with Gasteiger partial charge in [0.2, 0.25) is 11.7 Å². The summed E-state index contributed by atoms with van der Waals surface area (Å²) in [7, 11) is 0. The van der Waals surface area contributed by atoms with Gasteiger partial charge in [-0.2, -0.15) is 18.2 Å². The molecule has 0 unspecified atom stereocenters. The molecule has 0 fully saturated rings. The van der Waals surface area contributed by atoms with Crippen LogP contribution in [0.1, 0.15) is 24.2 Å². The van der Waals surface area contributed by atoms with Crippen LogP contribution >= 0.6 is 0 Å². The first kappa shape index (κ1) is 21.3. The number of hydrogen-bond acceptors (Lipinski definition) is 7. The van der Waals surface area contributed by atoms with Gasteiger partial charge in [-0.3, -0.25) is 9.59 Å². The van der Waals surface area contributed by atoms with Crippen LogP contribution in [0.15, 0.2) is 42.6 Å². The van der Waals surface area contributed by atoms with Crippen molar-refractivity contribution < 1.29 is 32.2 Å². The van der Waals surface area contributed by atoms with Gasteiger partial charge >= 0.3 is 12.1 Å². The Morgan fingerprint density at radius 2 is 1.86 bits per heavy atom. The molecule has 0 radical (unpaired) electrons. The Kier molecular flexibility index (Phi) is 7.44. The van der Waals surface area contributed by atoms with E-state index in [4.69, 9.17) is 15.2 Å². The average molecular weight is 397 g/mol. The van der Waals surface area contributed by atoms with Gasteiger partial charge in [0.1, 0.15) is 13.2 Å². The van der Waals surface area contributed by atoms with Crippen molar-refractivity contribution in [1.29, 1.82) is 0 Å². The topological polar surface area (TPSA) is 104 Å². The van der Waals surface area contributed by atoms with E-state index in [1.807, 2.05) is 18.2 Å². The van der Waals surface area contributed by atoms with Crippen molar-refractivity contribution in [3.05, 3.63) is 54.0 Å². The molecule has 10 heteroatoms. The average Bonchev–Trinajstić information content (AvgIpc) is 2.69. The molecule has 150 valence electrons. The third-order valence-corrected chi connectivity index (χ3v) is 3.56. The number of Topliss-reactive ketones (excluding diaryl/α,β-unsaturated/α-hetero) is 1. The number of carbonyl (C=O) groups is 2. The molecule has 2 aromatic rings. The highest BCUT2D eigenvalue weighted by atomic mass is 19.4. The molecule has 1 aromatic heterocycles. The summed E-state index contributed by atoms with van der Waals surface area (Å²) in [5, 5.41) is 0. The molecule has 0 aliphatic carbocycles. The van der Waals surface area contributed by atoms with Crippen molar-refractivity contribution >= 4 is 11.8 Å². The lowest BCUT2D eigenvalue weighted by Gasteiger charge is -2.12. The smallest absolute Gasteiger partial charge is 0.451 e. The van der Waals surface area contributed by atoms with E-state index in [1.165, 1.54) is 0 Å². The van der Waals surface area contributed by atoms with Crippen LogP contribution in [0.4, 0.5) is 13.2 Å². The molecular weight excluding hydrogens is 379 g/mol. The van der Waals surface area contributed by atoms with Crippen molar-refractivity contribution in [2.24, 2.45) is 5.73 Å². The number of carbonyl (C=O) groups excluding carboxylic acids is 2. The third-order valence-electron chi connectivity index (χ3n) is 3.56. The van der Waals surface area contributed by atoms with E-state index in [0.29, 0.717) is 0 Å². The summed E-state index contributed by atoms with van der Waals surface area (Å²) >= 11 is 0. The van der Waals surface area contributed by atoms with E-state index in [1.54, 1.807) is 12.1 Å². The SMILES string of the molecule is N[C@@H](CCC(=O)OCc1ccccc1)C(=O)COc1ccnc(C(F)(F)F)n1. The van der Waals surface area contributed by atoms with Gasteiger partial charge in [0.25, 0.3) is 0 Å². The van der Waals surface area contributed by atoms with E-state index >= 15 is 0 Å². The lowest BCUT2D eigenvalue weighted by Crippen LogP contribution is -2.35. The number of hydrogen-bond donors (Lipinski definition) is 1. The normalized spacial score (nSPS) is 12.3. The molecule has 2 rings (SSSR count). The molecule has 0 saturated heterocycles. The summed E-state index contributed by atoms with van der Waals surface area (Å²) in [6.07, 6.45) is -3.91. The zero-order valence-corrected chi connectivity index (χ0v) is 14.7. The maximum atomic E-state index is 12.5. The van der Waals surface area contributed by atoms with E-state index in [-0.39, 0.29) is 19.4 Å². The summed E-state index contributed by atoms with van der Waals surface area (Å²) in [6, 6.07) is 9.14. The van der Waals surface area contributed by atoms with Crippen molar-refractivity contribution in [2.45, 2.75) is 31.7 Å². The lowest BCUT2D eigenvalue weighted by atomic mass is 10.1. The molecule has 0 amide bonds. The van der Waals surface area contributed by atoms with Crippen LogP contribution in [0.2, 0.25) is 0 Å². The summed E-state index contributed by atoms with van der Waals surface area (Å²) in [5.74, 6) is -2.87. The van der Waals surface area contributed by atoms with Crippen molar-refractivity contribution in [2.75, 3.05) is 6.61 Å². The number of rotatable bonds is 9. The number of alkyl halides is 3. The quantitative estimate of drug-likeness (QED) is 0.648. The highest BCUT2D eigenvalue weighted by molar-refractivity contribution is 5.85. The molecule has 1 atom stereocenters. The summed E-state index contributed by atoms with van der Waals surface area (Å²) in [4.78, 5) is 29.9. The number of halogens is 3. The summed E-state index contributed by atoms with van der Waals surface area (Å²) in [5.41, 5.74) is 6.51. The molecule has 0 aliphatic rings. The van der Waals surface area contributed by atoms with Crippen LogP contribution in [0.3, 0.4) is 0 Å². The molecule has 7 nitrogen and oxygen atoms in total. The van der Waals surface area contributed by atoms with E-state index < -0.39 is 42.3 Å². The predicted molar refractivity (Wildman–Crippen MR) is 91.0 cm³/mol. The number of ketones is 1. The first-order valence-corrected chi connectivity index (χ1v) is 8.26. The molecule has 0 bridgehead atoms. The number of nitrogens with zero attached hydrogens (tertiary/aromatic N) is 2. The molecular formula is C18H18F3N3O4. The summed E-state index contributed by atoms with van der Waals surface area (Å²) in [6.45, 7) is -0.463. The Labute approximate surface area is 158 Å². The lowest BCUT2D eigenvalue weighted by molar-refractivity contribution is -0.146. The Morgan fingerprint density at radius 3 is 2.54 bits per heavy atom. The van der Waals surface area contributed by atoms with Gasteiger partial charge in [-0.15, -0.1) is 0 Å². The van der Waals surface area contributed by atoms with Gasteiger partial charge in [0.05, 0.1) is 6.04 Å². The highest BCUT2D eigenvalue weighted by Gasteiger charge is 2.34. The third kappa shape index (κ3) is 6.95. The van der Waals surface area contributed by atoms with Crippen LogP contribution in [-0.2, 0) is 27.1 Å². The van der Waals surface area contributed by atoms with Crippen LogP contribution in [0, 0.1) is 0 Å². The maximum absolute atomic E-state index is 12.5. The minimum atomic E-state index is -4.72. The maximum Gasteiger partial charge on any atom is 0.451 e. The van der Waals surface area contributed by atoms with Gasteiger partial charge in [0, 0.05) is 18.7 Å². The fraction of sp³-hybridized carbons (Fsp3) is 0.333. The van der Waals surface area contributed by atoms with Crippen LogP contribution < -0.4 is 10.5 Å². The molecule has 0 spiro atoms. The van der Waals surface area contributed by atoms with Gasteiger partial charge in [-0.1, -0.05) is 30.3 Å². The number of aromatic nitrogens is 2. The highest BCUT2D eigenvalue weighted by Crippen LogP contribution is 2.26. The van der Waals surface area contributed by atoms with E-state index in [0.717, 1.165) is 17.8 Å². The zero-order chi connectivity index (χ0) is 20.6. The van der Waals surface area contributed by atoms with Crippen LogP contribution in [0.25, 0.3) is 0 Å². The molecule has 2 N–H and O–H groups in total. The van der Waals surface area contributed by atoms with Crippen molar-refractivity contribution in [1.82, 2.24) is 9.97 Å². The molecule has 0 saturated carbocycles. The van der Waals surface area contributed by atoms with Crippen LogP contribution in [0.5, 0.6) is 5.88 Å². The molecule has 1 heterocycles. The Balaban J connectivity index is 1.73. The minimum absolute atomic E-state index is 0.0212. The second-order valence-corrected chi connectivity index (χ2v) is 5.76. The Morgan fingerprint density at radius 1 is 1.14 bits per heavy atom. The monoisotopic (exact) mass is 397 g/mol. The second-order valence-electron chi connectivity index (χ2n) is 5.76. The van der Waals surface area contributed by atoms with Crippen molar-refractivity contribution in [3.8, 4) is 5.88 Å². The Bertz CT molecular complexity index is 800. The molecule has 0 aliphatic heterocycles. The van der Waals surface area contributed by atoms with Crippen LogP contribution in [-0.4, -0.2) is 34.4 Å². The van der Waals surface area contributed by atoms with Gasteiger partial charge in [0.15, 0.2) is 5.78 Å². The van der Waals surface area contributed by atoms with E-state index in [2.05, 4.69) is 9.97 Å². The number of esters is 1. The van der Waals surface area contributed by atoms with Gasteiger partial charge in [-0.25, -0.2) is 4.98 Å². The number of nitrogens with two attached hydrogens (primary N) is 1. The van der Waals surface area contributed by atoms with Gasteiger partial charge < -0.3 is 15.2 Å². The minimum Gasteiger partial charge on any atom is -0.470 e. The largest absolute Gasteiger partial charge is 0.470 e. The predicted octanol–water partition coefficient (Wildman–Crippen LogP) is 2.29. The molecule has 28 heavy (non-hydrogen) atoms. The van der Waals surface area contributed by atoms with E-state index in [9.17, 15) is 22.8 Å². The fourth-order valence-corrected chi connectivity index (χ4v) is 2.06. The number of ether oxygens (including phenoxy) is 2. The first-order valence-electron chi connectivity index (χ1n) is 8.26. The fourth-order valence-electron chi connectivity index (χ4n) is 2.06. The zero-order valence-electron chi connectivity index (χ0n) is 14.7. The standard InChI is InChI=1S/C18H18F3N3O4/c19-18(20,21)17-23-9-8-15(24-17)27-11-14(25)13(22)6-7-16(26)28-10-12-4-2-1-3-5-12/h1-5,8-9,13H,6-7,10-11,22H2/t13-/m0/s1. The van der Waals surface area contributed by atoms with Crippen molar-refractivity contribution in [3.63, 3.8) is 0 Å². The second kappa shape index (κ2) is 9.79. The molecule has 1 aromatic carbocycles. The Hall–Kier alpha value is -3.01. The summed E-state index contributed by atoms with van der Waals surface area (Å²) < 4.78 is 47.6. The first-order chi connectivity index (χ1) is 13.3. The van der Waals surface area contributed by atoms with Gasteiger partial charge in [-0.05, 0) is 12.0 Å².